The summed E-state index contributed by atoms with van der Waals surface area (Å²) in [6.45, 7) is 4.01. The van der Waals surface area contributed by atoms with Crippen molar-refractivity contribution in [3.8, 4) is 0 Å². The van der Waals surface area contributed by atoms with E-state index in [0.717, 1.165) is 51.4 Å². The van der Waals surface area contributed by atoms with E-state index in [2.05, 4.69) is 38.2 Å². The SMILES string of the molecule is CCCC/C=C\CCCCCCCC(=O)OCC(CO)OC(=O)CCCCCCC/C=C\CCCC. The summed E-state index contributed by atoms with van der Waals surface area (Å²) >= 11 is 0. The van der Waals surface area contributed by atoms with Crippen LogP contribution in [0.4, 0.5) is 0 Å². The molecule has 0 saturated carbocycles. The van der Waals surface area contributed by atoms with Crippen molar-refractivity contribution in [3.63, 3.8) is 0 Å². The normalized spacial score (nSPS) is 12.4. The molecule has 1 unspecified atom stereocenters. The molecule has 0 radical (unpaired) electrons. The van der Waals surface area contributed by atoms with Gasteiger partial charge in [0.05, 0.1) is 6.61 Å². The van der Waals surface area contributed by atoms with Crippen LogP contribution in [0.2, 0.25) is 0 Å². The lowest BCUT2D eigenvalue weighted by Crippen LogP contribution is -2.28. The maximum absolute atomic E-state index is 12.0. The smallest absolute Gasteiger partial charge is 0.306 e. The van der Waals surface area contributed by atoms with Gasteiger partial charge in [0, 0.05) is 12.8 Å². The molecule has 0 aromatic rings. The van der Waals surface area contributed by atoms with Crippen molar-refractivity contribution in [1.82, 2.24) is 0 Å². The van der Waals surface area contributed by atoms with Crippen LogP contribution in [0.15, 0.2) is 24.3 Å². The molecular weight excluding hydrogens is 452 g/mol. The van der Waals surface area contributed by atoms with Crippen molar-refractivity contribution in [2.45, 2.75) is 148 Å². The number of unbranched alkanes of at least 4 members (excludes halogenated alkanes) is 14. The Morgan fingerprint density at radius 3 is 1.50 bits per heavy atom. The molecule has 0 spiro atoms. The van der Waals surface area contributed by atoms with Crippen LogP contribution < -0.4 is 0 Å². The molecule has 5 nitrogen and oxygen atoms in total. The predicted octanol–water partition coefficient (Wildman–Crippen LogP) is 8.39. The number of allylic oxidation sites excluding steroid dienone is 4. The monoisotopic (exact) mass is 508 g/mol. The number of hydrogen-bond acceptors (Lipinski definition) is 5. The Bertz CT molecular complexity index is 555. The molecule has 0 aliphatic carbocycles. The molecule has 0 heterocycles. The molecule has 0 aromatic carbocycles. The van der Waals surface area contributed by atoms with Crippen LogP contribution in [0.1, 0.15) is 142 Å². The van der Waals surface area contributed by atoms with Gasteiger partial charge in [0.2, 0.25) is 0 Å². The molecule has 0 fully saturated rings. The maximum atomic E-state index is 12.0. The fourth-order valence-corrected chi connectivity index (χ4v) is 3.87. The standard InChI is InChI=1S/C31H56O5/c1-3-5-7-9-11-13-15-17-19-21-23-25-30(33)35-28-29(27-32)36-31(34)26-24-22-20-18-16-14-12-10-8-6-4-2/h9-12,29,32H,3-8,13-28H2,1-2H3/b11-9-,12-10-. The number of carbonyl (C=O) groups excluding carboxylic acids is 2. The molecule has 210 valence electrons. The second-order valence-electron chi connectivity index (χ2n) is 9.82. The zero-order valence-electron chi connectivity index (χ0n) is 23.5. The van der Waals surface area contributed by atoms with Crippen LogP contribution in [0, 0.1) is 0 Å². The highest BCUT2D eigenvalue weighted by Gasteiger charge is 2.16. The Morgan fingerprint density at radius 2 is 1.03 bits per heavy atom. The lowest BCUT2D eigenvalue weighted by atomic mass is 10.1. The highest BCUT2D eigenvalue weighted by Crippen LogP contribution is 2.11. The Morgan fingerprint density at radius 1 is 0.611 bits per heavy atom. The van der Waals surface area contributed by atoms with Gasteiger partial charge in [-0.25, -0.2) is 0 Å². The summed E-state index contributed by atoms with van der Waals surface area (Å²) in [5.74, 6) is -0.618. The molecule has 0 aliphatic rings. The summed E-state index contributed by atoms with van der Waals surface area (Å²) in [5, 5.41) is 9.45. The minimum absolute atomic E-state index is 0.0722. The highest BCUT2D eigenvalue weighted by atomic mass is 16.6. The van der Waals surface area contributed by atoms with Crippen molar-refractivity contribution >= 4 is 11.9 Å². The van der Waals surface area contributed by atoms with Crippen molar-refractivity contribution in [1.29, 1.82) is 0 Å². The first kappa shape index (κ1) is 34.4. The van der Waals surface area contributed by atoms with Gasteiger partial charge in [-0.3, -0.25) is 9.59 Å². The van der Waals surface area contributed by atoms with Gasteiger partial charge in [-0.15, -0.1) is 0 Å². The van der Waals surface area contributed by atoms with Gasteiger partial charge >= 0.3 is 11.9 Å². The van der Waals surface area contributed by atoms with Crippen LogP contribution in [0.5, 0.6) is 0 Å². The molecule has 36 heavy (non-hydrogen) atoms. The summed E-state index contributed by atoms with van der Waals surface area (Å²) in [4.78, 5) is 24.0. The largest absolute Gasteiger partial charge is 0.462 e. The average molecular weight is 509 g/mol. The summed E-state index contributed by atoms with van der Waals surface area (Å²) in [6.07, 6.45) is 29.4. The number of esters is 2. The predicted molar refractivity (Wildman–Crippen MR) is 150 cm³/mol. The van der Waals surface area contributed by atoms with Crippen LogP contribution in [0.3, 0.4) is 0 Å². The lowest BCUT2D eigenvalue weighted by molar-refractivity contribution is -0.161. The highest BCUT2D eigenvalue weighted by molar-refractivity contribution is 5.70. The van der Waals surface area contributed by atoms with E-state index in [1.165, 1.54) is 64.2 Å². The summed E-state index contributed by atoms with van der Waals surface area (Å²) in [6, 6.07) is 0. The van der Waals surface area contributed by atoms with Crippen molar-refractivity contribution in [3.05, 3.63) is 24.3 Å². The van der Waals surface area contributed by atoms with E-state index in [4.69, 9.17) is 9.47 Å². The molecule has 0 bridgehead atoms. The first-order valence-electron chi connectivity index (χ1n) is 14.9. The Balaban J connectivity index is 3.64. The molecular formula is C31H56O5. The van der Waals surface area contributed by atoms with Gasteiger partial charge < -0.3 is 14.6 Å². The van der Waals surface area contributed by atoms with Crippen molar-refractivity contribution in [2.24, 2.45) is 0 Å². The second kappa shape index (κ2) is 28.0. The third-order valence-electron chi connectivity index (χ3n) is 6.22. The minimum Gasteiger partial charge on any atom is -0.462 e. The van der Waals surface area contributed by atoms with Gasteiger partial charge in [-0.2, -0.15) is 0 Å². The summed E-state index contributed by atoms with van der Waals surface area (Å²) < 4.78 is 10.5. The second-order valence-corrected chi connectivity index (χ2v) is 9.82. The number of hydrogen-bond donors (Lipinski definition) is 1. The van der Waals surface area contributed by atoms with Crippen LogP contribution in [-0.2, 0) is 19.1 Å². The van der Waals surface area contributed by atoms with E-state index >= 15 is 0 Å². The topological polar surface area (TPSA) is 72.8 Å². The van der Waals surface area contributed by atoms with Gasteiger partial charge in [0.25, 0.3) is 0 Å². The fraction of sp³-hybridized carbons (Fsp3) is 0.806. The zero-order chi connectivity index (χ0) is 26.5. The molecule has 0 aromatic heterocycles. The third kappa shape index (κ3) is 25.5. The molecule has 1 atom stereocenters. The first-order chi connectivity index (χ1) is 17.6. The Hall–Kier alpha value is -1.62. The van der Waals surface area contributed by atoms with E-state index in [-0.39, 0.29) is 25.2 Å². The van der Waals surface area contributed by atoms with Crippen molar-refractivity contribution in [2.75, 3.05) is 13.2 Å². The van der Waals surface area contributed by atoms with Gasteiger partial charge in [0.1, 0.15) is 6.61 Å². The van der Waals surface area contributed by atoms with Crippen LogP contribution in [0.25, 0.3) is 0 Å². The first-order valence-corrected chi connectivity index (χ1v) is 14.9. The number of rotatable bonds is 26. The summed E-state index contributed by atoms with van der Waals surface area (Å²) in [7, 11) is 0. The maximum Gasteiger partial charge on any atom is 0.306 e. The molecule has 5 heteroatoms. The quantitative estimate of drug-likeness (QED) is 0.0721. The molecule has 0 rings (SSSR count). The van der Waals surface area contributed by atoms with E-state index in [1.807, 2.05) is 0 Å². The van der Waals surface area contributed by atoms with E-state index < -0.39 is 6.10 Å². The Labute approximate surface area is 222 Å². The molecule has 1 N–H and O–H groups in total. The van der Waals surface area contributed by atoms with Gasteiger partial charge in [-0.05, 0) is 51.4 Å². The van der Waals surface area contributed by atoms with E-state index in [1.54, 1.807) is 0 Å². The zero-order valence-corrected chi connectivity index (χ0v) is 23.5. The number of aliphatic hydroxyl groups excluding tert-OH is 1. The van der Waals surface area contributed by atoms with Crippen molar-refractivity contribution < 1.29 is 24.2 Å². The van der Waals surface area contributed by atoms with Gasteiger partial charge in [0.15, 0.2) is 6.10 Å². The molecule has 0 aliphatic heterocycles. The van der Waals surface area contributed by atoms with Gasteiger partial charge in [-0.1, -0.05) is 102 Å². The Kier molecular flexibility index (Phi) is 26.7. The minimum atomic E-state index is -0.772. The lowest BCUT2D eigenvalue weighted by Gasteiger charge is -2.15. The van der Waals surface area contributed by atoms with Crippen LogP contribution in [-0.4, -0.2) is 36.4 Å². The number of aliphatic hydroxyl groups is 1. The number of carbonyl (C=O) groups is 2. The van der Waals surface area contributed by atoms with E-state index in [9.17, 15) is 14.7 Å². The van der Waals surface area contributed by atoms with Crippen LogP contribution >= 0.6 is 0 Å². The summed E-state index contributed by atoms with van der Waals surface area (Å²) in [5.41, 5.74) is 0. The third-order valence-corrected chi connectivity index (χ3v) is 6.22. The molecule has 0 amide bonds. The number of ether oxygens (including phenoxy) is 2. The molecule has 0 saturated heterocycles. The van der Waals surface area contributed by atoms with E-state index in [0.29, 0.717) is 12.8 Å². The average Bonchev–Trinajstić information content (AvgIpc) is 2.88. The fourth-order valence-electron chi connectivity index (χ4n) is 3.87.